The Hall–Kier alpha value is -0.910. The molecule has 5 heteroatoms. The van der Waals surface area contributed by atoms with Crippen molar-refractivity contribution >= 4 is 43.3 Å². The van der Waals surface area contributed by atoms with Crippen molar-refractivity contribution in [1.29, 1.82) is 0 Å². The number of benzene rings is 1. The second-order valence-corrected chi connectivity index (χ2v) is 7.89. The summed E-state index contributed by atoms with van der Waals surface area (Å²) in [6.45, 7) is 3.42. The summed E-state index contributed by atoms with van der Waals surface area (Å²) >= 11 is 5.12. The van der Waals surface area contributed by atoms with Crippen molar-refractivity contribution in [2.24, 2.45) is 5.92 Å². The van der Waals surface area contributed by atoms with Crippen molar-refractivity contribution in [1.82, 2.24) is 10.2 Å². The molecule has 1 unspecified atom stereocenters. The van der Waals surface area contributed by atoms with Crippen molar-refractivity contribution in [2.45, 2.75) is 18.9 Å². The maximum Gasteiger partial charge on any atom is 0.261 e. The van der Waals surface area contributed by atoms with Crippen molar-refractivity contribution in [3.8, 4) is 0 Å². The molecular weight excluding hydrogens is 348 g/mol. The second-order valence-electron chi connectivity index (χ2n) is 5.99. The number of nitrogens with zero attached hydrogens (tertiary/aromatic N) is 1. The van der Waals surface area contributed by atoms with E-state index in [1.165, 1.54) is 25.9 Å². The van der Waals surface area contributed by atoms with Gasteiger partial charge < -0.3 is 10.2 Å². The molecule has 3 aliphatic heterocycles. The molecule has 1 aromatic heterocycles. The van der Waals surface area contributed by atoms with E-state index in [4.69, 9.17) is 0 Å². The van der Waals surface area contributed by atoms with Gasteiger partial charge in [-0.2, -0.15) is 0 Å². The molecule has 3 saturated heterocycles. The molecule has 0 spiro atoms. The lowest BCUT2D eigenvalue weighted by molar-refractivity contribution is 0.0622. The molecule has 1 amide bonds. The zero-order chi connectivity index (χ0) is 14.4. The highest BCUT2D eigenvalue weighted by Crippen LogP contribution is 2.33. The molecule has 5 rings (SSSR count). The van der Waals surface area contributed by atoms with Crippen LogP contribution in [0.5, 0.6) is 0 Å². The van der Waals surface area contributed by atoms with E-state index in [0.717, 1.165) is 26.0 Å². The lowest BCUT2D eigenvalue weighted by Crippen LogP contribution is -2.57. The highest BCUT2D eigenvalue weighted by Gasteiger charge is 2.35. The van der Waals surface area contributed by atoms with E-state index < -0.39 is 0 Å². The van der Waals surface area contributed by atoms with Gasteiger partial charge in [-0.05, 0) is 65.3 Å². The number of piperidine rings is 3. The Morgan fingerprint density at radius 2 is 2.14 bits per heavy atom. The topological polar surface area (TPSA) is 32.3 Å². The summed E-state index contributed by atoms with van der Waals surface area (Å²) in [5, 5.41) is 4.39. The normalized spacial score (nSPS) is 28.0. The average Bonchev–Trinajstić information content (AvgIpc) is 2.94. The number of amides is 1. The average molecular weight is 365 g/mol. The first-order valence-corrected chi connectivity index (χ1v) is 9.03. The fourth-order valence-corrected chi connectivity index (χ4v) is 5.10. The maximum absolute atomic E-state index is 12.5. The molecule has 1 atom stereocenters. The van der Waals surface area contributed by atoms with E-state index in [9.17, 15) is 4.79 Å². The summed E-state index contributed by atoms with van der Waals surface area (Å²) in [7, 11) is 0. The van der Waals surface area contributed by atoms with Crippen LogP contribution < -0.4 is 5.32 Å². The van der Waals surface area contributed by atoms with Crippen LogP contribution in [0.4, 0.5) is 0 Å². The van der Waals surface area contributed by atoms with Crippen LogP contribution in [0, 0.1) is 5.92 Å². The zero-order valence-electron chi connectivity index (χ0n) is 11.6. The van der Waals surface area contributed by atoms with Crippen LogP contribution in [0.1, 0.15) is 22.5 Å². The zero-order valence-corrected chi connectivity index (χ0v) is 14.0. The van der Waals surface area contributed by atoms with E-state index in [1.54, 1.807) is 11.3 Å². The Bertz CT molecular complexity index is 691. The van der Waals surface area contributed by atoms with Crippen LogP contribution >= 0.6 is 27.3 Å². The molecule has 1 N–H and O–H groups in total. The van der Waals surface area contributed by atoms with Gasteiger partial charge in [0.2, 0.25) is 0 Å². The molecule has 0 aliphatic carbocycles. The quantitative estimate of drug-likeness (QED) is 0.884. The van der Waals surface area contributed by atoms with Gasteiger partial charge in [0.05, 0.1) is 4.88 Å². The maximum atomic E-state index is 12.5. The third kappa shape index (κ3) is 2.51. The van der Waals surface area contributed by atoms with Crippen molar-refractivity contribution in [3.05, 3.63) is 33.6 Å². The van der Waals surface area contributed by atoms with E-state index in [2.05, 4.69) is 32.2 Å². The first-order chi connectivity index (χ1) is 10.2. The van der Waals surface area contributed by atoms with Gasteiger partial charge >= 0.3 is 0 Å². The lowest BCUT2D eigenvalue weighted by atomic mass is 9.84. The minimum absolute atomic E-state index is 0.0850. The number of nitrogens with one attached hydrogen (secondary N) is 1. The van der Waals surface area contributed by atoms with Gasteiger partial charge in [0.15, 0.2) is 0 Å². The summed E-state index contributed by atoms with van der Waals surface area (Å²) < 4.78 is 2.21. The Labute approximate surface area is 136 Å². The number of fused-ring (bicyclic) bond motifs is 4. The highest BCUT2D eigenvalue weighted by atomic mass is 79.9. The van der Waals surface area contributed by atoms with Gasteiger partial charge in [-0.1, -0.05) is 12.1 Å². The van der Waals surface area contributed by atoms with E-state index >= 15 is 0 Å². The van der Waals surface area contributed by atoms with E-state index in [0.29, 0.717) is 12.0 Å². The van der Waals surface area contributed by atoms with E-state index in [1.807, 2.05) is 18.2 Å². The minimum atomic E-state index is 0.0850. The number of hydrogen-bond acceptors (Lipinski definition) is 3. The smallest absolute Gasteiger partial charge is 0.261 e. The summed E-state index contributed by atoms with van der Waals surface area (Å²) in [4.78, 5) is 15.8. The van der Waals surface area contributed by atoms with Gasteiger partial charge in [-0.25, -0.2) is 0 Å². The van der Waals surface area contributed by atoms with Gasteiger partial charge in [0.25, 0.3) is 5.91 Å². The first kappa shape index (κ1) is 13.7. The molecule has 3 aliphatic rings. The molecule has 2 aromatic rings. The molecule has 110 valence electrons. The molecule has 2 bridgehead atoms. The Morgan fingerprint density at radius 1 is 1.33 bits per heavy atom. The molecule has 1 aromatic carbocycles. The molecule has 4 heterocycles. The summed E-state index contributed by atoms with van der Waals surface area (Å²) in [5.41, 5.74) is 0. The largest absolute Gasteiger partial charge is 0.347 e. The van der Waals surface area contributed by atoms with Gasteiger partial charge in [0.1, 0.15) is 0 Å². The van der Waals surface area contributed by atoms with Crippen molar-refractivity contribution < 1.29 is 4.79 Å². The molecule has 0 saturated carbocycles. The predicted octanol–water partition coefficient (Wildman–Crippen LogP) is 3.49. The van der Waals surface area contributed by atoms with Crippen LogP contribution in [-0.4, -0.2) is 36.5 Å². The standard InChI is InChI=1S/C16H17BrN2OS/c17-12-3-1-2-11-8-14(21-15(11)12)16(20)18-13-9-19-6-4-10(13)5-7-19/h1-3,8,10,13H,4-7,9H2,(H,18,20). The molecular formula is C16H17BrN2OS. The molecule has 3 fully saturated rings. The van der Waals surface area contributed by atoms with Gasteiger partial charge in [0, 0.05) is 21.8 Å². The molecule has 3 nitrogen and oxygen atoms in total. The van der Waals surface area contributed by atoms with E-state index in [-0.39, 0.29) is 5.91 Å². The summed E-state index contributed by atoms with van der Waals surface area (Å²) in [6.07, 6.45) is 2.45. The van der Waals surface area contributed by atoms with Crippen molar-refractivity contribution in [3.63, 3.8) is 0 Å². The fraction of sp³-hybridized carbons (Fsp3) is 0.438. The minimum Gasteiger partial charge on any atom is -0.347 e. The highest BCUT2D eigenvalue weighted by molar-refractivity contribution is 9.10. The Kier molecular flexibility index (Phi) is 3.52. The fourth-order valence-electron chi connectivity index (χ4n) is 3.51. The number of carbonyl (C=O) groups is 1. The third-order valence-electron chi connectivity index (χ3n) is 4.69. The first-order valence-electron chi connectivity index (χ1n) is 7.42. The Morgan fingerprint density at radius 3 is 2.81 bits per heavy atom. The summed E-state index contributed by atoms with van der Waals surface area (Å²) in [6, 6.07) is 8.42. The number of carbonyl (C=O) groups excluding carboxylic acids is 1. The number of halogens is 1. The molecule has 0 radical (unpaired) electrons. The van der Waals surface area contributed by atoms with Crippen LogP contribution in [0.3, 0.4) is 0 Å². The van der Waals surface area contributed by atoms with Crippen LogP contribution in [0.2, 0.25) is 0 Å². The van der Waals surface area contributed by atoms with Gasteiger partial charge in [-0.3, -0.25) is 4.79 Å². The number of hydrogen-bond donors (Lipinski definition) is 1. The van der Waals surface area contributed by atoms with Gasteiger partial charge in [-0.15, -0.1) is 11.3 Å². The lowest BCUT2D eigenvalue weighted by Gasteiger charge is -2.44. The predicted molar refractivity (Wildman–Crippen MR) is 89.9 cm³/mol. The van der Waals surface area contributed by atoms with Crippen LogP contribution in [0.25, 0.3) is 10.1 Å². The molecule has 21 heavy (non-hydrogen) atoms. The monoisotopic (exact) mass is 364 g/mol. The Balaban J connectivity index is 1.55. The third-order valence-corrected chi connectivity index (χ3v) is 6.80. The van der Waals surface area contributed by atoms with Crippen LogP contribution in [0.15, 0.2) is 28.7 Å². The number of rotatable bonds is 2. The number of thiophene rings is 1. The van der Waals surface area contributed by atoms with Crippen LogP contribution in [-0.2, 0) is 0 Å². The second kappa shape index (κ2) is 5.38. The SMILES string of the molecule is O=C(NC1CN2CCC1CC2)c1cc2cccc(Br)c2s1. The van der Waals surface area contributed by atoms with Crippen molar-refractivity contribution in [2.75, 3.05) is 19.6 Å². The summed E-state index contributed by atoms with van der Waals surface area (Å²) in [5.74, 6) is 0.752.